The molecule has 3 saturated heterocycles. The summed E-state index contributed by atoms with van der Waals surface area (Å²) in [5.41, 5.74) is 0.329. The molecule has 0 bridgehead atoms. The van der Waals surface area contributed by atoms with Gasteiger partial charge in [0.25, 0.3) is 0 Å². The highest BCUT2D eigenvalue weighted by molar-refractivity contribution is 5.83. The molecule has 4 fully saturated rings. The van der Waals surface area contributed by atoms with Gasteiger partial charge in [-0.3, -0.25) is 9.59 Å². The minimum Gasteiger partial charge on any atom is -0.342 e. The van der Waals surface area contributed by atoms with Crippen LogP contribution in [0.3, 0.4) is 0 Å². The van der Waals surface area contributed by atoms with Gasteiger partial charge in [0.2, 0.25) is 11.8 Å². The van der Waals surface area contributed by atoms with E-state index in [0.29, 0.717) is 29.6 Å². The van der Waals surface area contributed by atoms with Crippen LogP contribution < -0.4 is 5.32 Å². The first kappa shape index (κ1) is 19.2. The minimum absolute atomic E-state index is 0.285. The molecule has 0 aromatic carbocycles. The summed E-state index contributed by atoms with van der Waals surface area (Å²) in [6, 6.07) is 0. The molecule has 1 atom stereocenters. The number of rotatable bonds is 4. The first-order chi connectivity index (χ1) is 13.1. The lowest BCUT2D eigenvalue weighted by Gasteiger charge is -2.36. The Labute approximate surface area is 163 Å². The number of carbonyl (C=O) groups excluding carboxylic acids is 2. The van der Waals surface area contributed by atoms with Crippen LogP contribution in [0.25, 0.3) is 0 Å². The summed E-state index contributed by atoms with van der Waals surface area (Å²) < 4.78 is 0. The van der Waals surface area contributed by atoms with Gasteiger partial charge in [-0.25, -0.2) is 0 Å². The Kier molecular flexibility index (Phi) is 5.74. The molecule has 27 heavy (non-hydrogen) atoms. The van der Waals surface area contributed by atoms with Crippen molar-refractivity contribution in [3.05, 3.63) is 0 Å². The van der Waals surface area contributed by atoms with Crippen LogP contribution in [0.5, 0.6) is 0 Å². The molecular weight excluding hydrogens is 340 g/mol. The average Bonchev–Trinajstić information content (AvgIpc) is 3.41. The predicted molar refractivity (Wildman–Crippen MR) is 105 cm³/mol. The van der Waals surface area contributed by atoms with Crippen molar-refractivity contribution < 1.29 is 9.59 Å². The van der Waals surface area contributed by atoms with E-state index in [1.54, 1.807) is 0 Å². The van der Waals surface area contributed by atoms with Gasteiger partial charge in [0.15, 0.2) is 0 Å². The first-order valence-electron chi connectivity index (χ1n) is 11.1. The number of nitrogens with one attached hydrogen (secondary N) is 1. The number of likely N-dealkylation sites (tertiary alicyclic amines) is 1. The maximum Gasteiger partial charge on any atom is 0.226 e. The molecule has 6 heteroatoms. The largest absolute Gasteiger partial charge is 0.342 e. The third-order valence-corrected chi connectivity index (χ3v) is 7.65. The van der Waals surface area contributed by atoms with E-state index in [9.17, 15) is 9.59 Å². The Balaban J connectivity index is 1.19. The highest BCUT2D eigenvalue weighted by Gasteiger charge is 2.58. The van der Waals surface area contributed by atoms with Crippen molar-refractivity contribution >= 4 is 11.8 Å². The second-order valence-corrected chi connectivity index (χ2v) is 9.16. The van der Waals surface area contributed by atoms with E-state index in [1.807, 2.05) is 0 Å². The van der Waals surface area contributed by atoms with Crippen molar-refractivity contribution in [2.24, 2.45) is 17.3 Å². The molecule has 1 N–H and O–H groups in total. The summed E-state index contributed by atoms with van der Waals surface area (Å²) in [6.45, 7) is 10.9. The Morgan fingerprint density at radius 1 is 0.963 bits per heavy atom. The van der Waals surface area contributed by atoms with Crippen LogP contribution in [0.15, 0.2) is 0 Å². The Morgan fingerprint density at radius 2 is 1.63 bits per heavy atom. The van der Waals surface area contributed by atoms with E-state index in [-0.39, 0.29) is 5.92 Å². The molecule has 1 aliphatic carbocycles. The Morgan fingerprint density at radius 3 is 2.26 bits per heavy atom. The molecule has 1 spiro atoms. The normalized spacial score (nSPS) is 29.1. The van der Waals surface area contributed by atoms with E-state index in [4.69, 9.17) is 0 Å². The third-order valence-electron chi connectivity index (χ3n) is 7.65. The van der Waals surface area contributed by atoms with E-state index in [1.165, 1.54) is 12.8 Å². The number of amides is 2. The number of carbonyl (C=O) groups is 2. The molecule has 4 aliphatic rings. The number of piperazine rings is 1. The molecule has 0 radical (unpaired) electrons. The fraction of sp³-hybridized carbons (Fsp3) is 0.905. The van der Waals surface area contributed by atoms with Gasteiger partial charge >= 0.3 is 0 Å². The van der Waals surface area contributed by atoms with Gasteiger partial charge in [0, 0.05) is 51.6 Å². The summed E-state index contributed by atoms with van der Waals surface area (Å²) in [4.78, 5) is 32.1. The zero-order valence-electron chi connectivity index (χ0n) is 16.9. The predicted octanol–water partition coefficient (Wildman–Crippen LogP) is 1.17. The van der Waals surface area contributed by atoms with Gasteiger partial charge in [0.05, 0.1) is 0 Å². The van der Waals surface area contributed by atoms with Crippen LogP contribution in [-0.4, -0.2) is 85.4 Å². The molecule has 4 rings (SSSR count). The van der Waals surface area contributed by atoms with Crippen LogP contribution in [0.4, 0.5) is 0 Å². The van der Waals surface area contributed by atoms with Crippen LogP contribution in [-0.2, 0) is 9.59 Å². The topological polar surface area (TPSA) is 55.9 Å². The molecule has 0 aromatic rings. The third kappa shape index (κ3) is 4.16. The fourth-order valence-corrected chi connectivity index (χ4v) is 5.44. The van der Waals surface area contributed by atoms with Gasteiger partial charge in [0.1, 0.15) is 0 Å². The molecule has 6 nitrogen and oxygen atoms in total. The molecule has 152 valence electrons. The quantitative estimate of drug-likeness (QED) is 0.800. The average molecular weight is 377 g/mol. The highest BCUT2D eigenvalue weighted by Crippen LogP contribution is 2.59. The Hall–Kier alpha value is -1.14. The number of likely N-dealkylation sites (N-methyl/N-ethyl adjacent to an activating group) is 1. The summed E-state index contributed by atoms with van der Waals surface area (Å²) in [5, 5.41) is 3.41. The van der Waals surface area contributed by atoms with Crippen LogP contribution in [0, 0.1) is 17.3 Å². The summed E-state index contributed by atoms with van der Waals surface area (Å²) in [5.74, 6) is 1.47. The lowest BCUT2D eigenvalue weighted by atomic mass is 9.90. The van der Waals surface area contributed by atoms with Crippen molar-refractivity contribution in [3.8, 4) is 0 Å². The van der Waals surface area contributed by atoms with Gasteiger partial charge < -0.3 is 20.0 Å². The summed E-state index contributed by atoms with van der Waals surface area (Å²) in [7, 11) is 0. The van der Waals surface area contributed by atoms with E-state index >= 15 is 0 Å². The smallest absolute Gasteiger partial charge is 0.226 e. The number of hydrogen-bond acceptors (Lipinski definition) is 4. The lowest BCUT2D eigenvalue weighted by molar-refractivity contribution is -0.136. The fourth-order valence-electron chi connectivity index (χ4n) is 5.44. The zero-order chi connectivity index (χ0) is 18.9. The second-order valence-electron chi connectivity index (χ2n) is 9.16. The maximum atomic E-state index is 12.9. The van der Waals surface area contributed by atoms with Crippen molar-refractivity contribution in [2.75, 3.05) is 58.9 Å². The highest BCUT2D eigenvalue weighted by atomic mass is 16.2. The van der Waals surface area contributed by atoms with Gasteiger partial charge in [-0.05, 0) is 63.1 Å². The molecule has 3 heterocycles. The van der Waals surface area contributed by atoms with Crippen LogP contribution >= 0.6 is 0 Å². The SMILES string of the molecule is CCN1CCN(C(=O)CC2CCN(C(=O)C3CC34CCNCC4)CC2)CC1. The van der Waals surface area contributed by atoms with Crippen LogP contribution in [0.1, 0.15) is 45.4 Å². The van der Waals surface area contributed by atoms with Gasteiger partial charge in [-0.15, -0.1) is 0 Å². The monoisotopic (exact) mass is 376 g/mol. The number of piperidine rings is 2. The number of hydrogen-bond donors (Lipinski definition) is 1. The van der Waals surface area contributed by atoms with Crippen LogP contribution in [0.2, 0.25) is 0 Å². The molecule has 1 unspecified atom stereocenters. The molecule has 3 aliphatic heterocycles. The Bertz CT molecular complexity index is 544. The van der Waals surface area contributed by atoms with Crippen molar-refractivity contribution in [1.82, 2.24) is 20.0 Å². The van der Waals surface area contributed by atoms with E-state index in [2.05, 4.69) is 26.9 Å². The molecule has 1 saturated carbocycles. The van der Waals surface area contributed by atoms with Crippen molar-refractivity contribution in [2.45, 2.75) is 45.4 Å². The number of nitrogens with zero attached hydrogens (tertiary/aromatic N) is 3. The van der Waals surface area contributed by atoms with Gasteiger partial charge in [-0.2, -0.15) is 0 Å². The molecule has 2 amide bonds. The maximum absolute atomic E-state index is 12.9. The molecule has 0 aromatic heterocycles. The first-order valence-corrected chi connectivity index (χ1v) is 11.1. The molecular formula is C21H36N4O2. The zero-order valence-corrected chi connectivity index (χ0v) is 16.9. The summed E-state index contributed by atoms with van der Waals surface area (Å²) in [6.07, 6.45) is 6.10. The van der Waals surface area contributed by atoms with Crippen molar-refractivity contribution in [3.63, 3.8) is 0 Å². The van der Waals surface area contributed by atoms with E-state index in [0.717, 1.165) is 78.2 Å². The van der Waals surface area contributed by atoms with Crippen molar-refractivity contribution in [1.29, 1.82) is 0 Å². The minimum atomic E-state index is 0.285. The summed E-state index contributed by atoms with van der Waals surface area (Å²) >= 11 is 0. The second kappa shape index (κ2) is 8.08. The lowest BCUT2D eigenvalue weighted by Crippen LogP contribution is -2.49. The standard InChI is InChI=1S/C21H36N4O2/c1-2-23-11-13-24(14-12-23)19(26)15-17-3-9-25(10-4-17)20(27)18-16-21(18)5-7-22-8-6-21/h17-18,22H,2-16H2,1H3. The van der Waals surface area contributed by atoms with Gasteiger partial charge in [-0.1, -0.05) is 6.92 Å². The van der Waals surface area contributed by atoms with E-state index < -0.39 is 0 Å².